The lowest BCUT2D eigenvalue weighted by molar-refractivity contribution is -0.119. The van der Waals surface area contributed by atoms with Crippen LogP contribution in [0.25, 0.3) is 0 Å². The van der Waals surface area contributed by atoms with Crippen LogP contribution in [0.2, 0.25) is 0 Å². The van der Waals surface area contributed by atoms with Crippen LogP contribution in [0.15, 0.2) is 48.5 Å². The number of nitrogens with one attached hydrogen (secondary N) is 2. The van der Waals surface area contributed by atoms with Gasteiger partial charge >= 0.3 is 0 Å². The molecule has 2 N–H and O–H groups in total. The number of aryl methyl sites for hydroxylation is 1. The molecule has 1 heterocycles. The zero-order chi connectivity index (χ0) is 19.1. The summed E-state index contributed by atoms with van der Waals surface area (Å²) in [7, 11) is 0. The molecule has 2 amide bonds. The maximum Gasteiger partial charge on any atom is 0.254 e. The van der Waals surface area contributed by atoms with E-state index in [1.807, 2.05) is 55.5 Å². The molecule has 142 valence electrons. The van der Waals surface area contributed by atoms with E-state index in [9.17, 15) is 9.59 Å². The van der Waals surface area contributed by atoms with Gasteiger partial charge in [0.15, 0.2) is 0 Å². The van der Waals surface area contributed by atoms with Crippen LogP contribution in [0.5, 0.6) is 0 Å². The fourth-order valence-corrected chi connectivity index (χ4v) is 2.91. The van der Waals surface area contributed by atoms with E-state index in [1.165, 1.54) is 0 Å². The third-order valence-electron chi connectivity index (χ3n) is 4.46. The van der Waals surface area contributed by atoms with Crippen molar-refractivity contribution in [2.75, 3.05) is 38.2 Å². The van der Waals surface area contributed by atoms with Gasteiger partial charge in [0.2, 0.25) is 5.91 Å². The van der Waals surface area contributed by atoms with E-state index >= 15 is 0 Å². The van der Waals surface area contributed by atoms with Gasteiger partial charge in [-0.2, -0.15) is 0 Å². The fraction of sp³-hybridized carbons (Fsp3) is 0.333. The minimum atomic E-state index is -0.0787. The monoisotopic (exact) mass is 367 g/mol. The molecule has 1 aliphatic rings. The highest BCUT2D eigenvalue weighted by atomic mass is 16.5. The molecule has 6 heteroatoms. The molecular weight excluding hydrogens is 342 g/mol. The van der Waals surface area contributed by atoms with Crippen LogP contribution in [0.4, 0.5) is 5.69 Å². The van der Waals surface area contributed by atoms with Gasteiger partial charge in [0.25, 0.3) is 5.91 Å². The summed E-state index contributed by atoms with van der Waals surface area (Å²) in [5, 5.41) is 5.99. The van der Waals surface area contributed by atoms with Crippen molar-refractivity contribution >= 4 is 17.5 Å². The molecule has 0 unspecified atom stereocenters. The van der Waals surface area contributed by atoms with Crippen molar-refractivity contribution in [3.05, 3.63) is 65.2 Å². The Kier molecular flexibility index (Phi) is 6.44. The normalized spacial score (nSPS) is 13.9. The first-order valence-electron chi connectivity index (χ1n) is 9.15. The van der Waals surface area contributed by atoms with Gasteiger partial charge < -0.3 is 20.3 Å². The molecule has 0 saturated carbocycles. The molecule has 0 bridgehead atoms. The Hall–Kier alpha value is -2.86. The maximum atomic E-state index is 12.4. The second-order valence-corrected chi connectivity index (χ2v) is 6.60. The van der Waals surface area contributed by atoms with Crippen molar-refractivity contribution in [2.24, 2.45) is 0 Å². The van der Waals surface area contributed by atoms with E-state index in [-0.39, 0.29) is 18.4 Å². The first kappa shape index (κ1) is 18.9. The maximum absolute atomic E-state index is 12.4. The number of anilines is 1. The van der Waals surface area contributed by atoms with E-state index in [0.717, 1.165) is 16.8 Å². The van der Waals surface area contributed by atoms with Crippen molar-refractivity contribution in [1.82, 2.24) is 10.2 Å². The summed E-state index contributed by atoms with van der Waals surface area (Å²) in [4.78, 5) is 26.2. The molecule has 0 atom stereocenters. The smallest absolute Gasteiger partial charge is 0.254 e. The SMILES string of the molecule is Cc1cccc(NCC(=O)NCc2ccc(C(=O)N3CCOCC3)cc2)c1. The second-order valence-electron chi connectivity index (χ2n) is 6.60. The lowest BCUT2D eigenvalue weighted by Gasteiger charge is -2.26. The topological polar surface area (TPSA) is 70.7 Å². The first-order valence-corrected chi connectivity index (χ1v) is 9.15. The molecule has 2 aromatic rings. The number of benzene rings is 2. The largest absolute Gasteiger partial charge is 0.378 e. The van der Waals surface area contributed by atoms with E-state index < -0.39 is 0 Å². The molecule has 1 saturated heterocycles. The highest BCUT2D eigenvalue weighted by Gasteiger charge is 2.18. The number of nitrogens with zero attached hydrogens (tertiary/aromatic N) is 1. The van der Waals surface area contributed by atoms with Crippen LogP contribution in [0, 0.1) is 6.92 Å². The third kappa shape index (κ3) is 5.56. The minimum absolute atomic E-state index is 0.0243. The Balaban J connectivity index is 1.45. The van der Waals surface area contributed by atoms with Gasteiger partial charge in [-0.15, -0.1) is 0 Å². The zero-order valence-electron chi connectivity index (χ0n) is 15.5. The molecule has 6 nitrogen and oxygen atoms in total. The van der Waals surface area contributed by atoms with Gasteiger partial charge in [-0.1, -0.05) is 24.3 Å². The summed E-state index contributed by atoms with van der Waals surface area (Å²) >= 11 is 0. The molecule has 0 aliphatic carbocycles. The number of hydrogen-bond acceptors (Lipinski definition) is 4. The van der Waals surface area contributed by atoms with Gasteiger partial charge in [-0.05, 0) is 42.3 Å². The Bertz CT molecular complexity index is 784. The number of morpholine rings is 1. The Morgan fingerprint density at radius 3 is 2.52 bits per heavy atom. The highest BCUT2D eigenvalue weighted by molar-refractivity contribution is 5.94. The number of carbonyl (C=O) groups excluding carboxylic acids is 2. The Morgan fingerprint density at radius 1 is 1.07 bits per heavy atom. The summed E-state index contributed by atoms with van der Waals surface area (Å²) in [5.41, 5.74) is 3.69. The van der Waals surface area contributed by atoms with Crippen molar-refractivity contribution in [2.45, 2.75) is 13.5 Å². The number of amides is 2. The van der Waals surface area contributed by atoms with Gasteiger partial charge in [-0.3, -0.25) is 9.59 Å². The summed E-state index contributed by atoms with van der Waals surface area (Å²) < 4.78 is 5.27. The van der Waals surface area contributed by atoms with Crippen molar-refractivity contribution in [1.29, 1.82) is 0 Å². The van der Waals surface area contributed by atoms with Crippen LogP contribution < -0.4 is 10.6 Å². The quantitative estimate of drug-likeness (QED) is 0.821. The molecule has 1 fully saturated rings. The van der Waals surface area contributed by atoms with E-state index in [1.54, 1.807) is 4.90 Å². The summed E-state index contributed by atoms with van der Waals surface area (Å²) in [5.74, 6) is -0.0544. The van der Waals surface area contributed by atoms with Gasteiger partial charge in [0.05, 0.1) is 19.8 Å². The standard InChI is InChI=1S/C21H25N3O3/c1-16-3-2-4-19(13-16)22-15-20(25)23-14-17-5-7-18(8-6-17)21(26)24-9-11-27-12-10-24/h2-8,13,22H,9-12,14-15H2,1H3,(H,23,25). The number of ether oxygens (including phenoxy) is 1. The molecule has 3 rings (SSSR count). The van der Waals surface area contributed by atoms with Crippen LogP contribution in [0.3, 0.4) is 0 Å². The number of hydrogen-bond donors (Lipinski definition) is 2. The average Bonchev–Trinajstić information content (AvgIpc) is 2.71. The van der Waals surface area contributed by atoms with E-state index in [2.05, 4.69) is 10.6 Å². The summed E-state index contributed by atoms with van der Waals surface area (Å²) in [6, 6.07) is 15.3. The Labute approximate surface area is 159 Å². The number of carbonyl (C=O) groups is 2. The van der Waals surface area contributed by atoms with Crippen molar-refractivity contribution in [3.63, 3.8) is 0 Å². The average molecular weight is 367 g/mol. The van der Waals surface area contributed by atoms with Crippen LogP contribution in [-0.2, 0) is 16.1 Å². The molecular formula is C21H25N3O3. The Morgan fingerprint density at radius 2 is 1.81 bits per heavy atom. The predicted octanol–water partition coefficient (Wildman–Crippen LogP) is 2.20. The van der Waals surface area contributed by atoms with Crippen LogP contribution in [-0.4, -0.2) is 49.6 Å². The third-order valence-corrected chi connectivity index (χ3v) is 4.46. The van der Waals surface area contributed by atoms with E-state index in [4.69, 9.17) is 4.74 Å². The number of rotatable bonds is 6. The molecule has 0 aromatic heterocycles. The fourth-order valence-electron chi connectivity index (χ4n) is 2.91. The lowest BCUT2D eigenvalue weighted by Crippen LogP contribution is -2.40. The molecule has 2 aromatic carbocycles. The van der Waals surface area contributed by atoms with E-state index in [0.29, 0.717) is 38.4 Å². The summed E-state index contributed by atoms with van der Waals surface area (Å²) in [6.45, 7) is 5.10. The van der Waals surface area contributed by atoms with Crippen LogP contribution >= 0.6 is 0 Å². The summed E-state index contributed by atoms with van der Waals surface area (Å²) in [6.07, 6.45) is 0. The zero-order valence-corrected chi connectivity index (χ0v) is 15.5. The molecule has 0 spiro atoms. The minimum Gasteiger partial charge on any atom is -0.378 e. The van der Waals surface area contributed by atoms with Gasteiger partial charge in [0.1, 0.15) is 0 Å². The first-order chi connectivity index (χ1) is 13.1. The van der Waals surface area contributed by atoms with Crippen LogP contribution in [0.1, 0.15) is 21.5 Å². The van der Waals surface area contributed by atoms with Crippen molar-refractivity contribution in [3.8, 4) is 0 Å². The highest BCUT2D eigenvalue weighted by Crippen LogP contribution is 2.10. The van der Waals surface area contributed by atoms with Gasteiger partial charge in [-0.25, -0.2) is 0 Å². The predicted molar refractivity (Wildman–Crippen MR) is 105 cm³/mol. The molecule has 1 aliphatic heterocycles. The van der Waals surface area contributed by atoms with Crippen molar-refractivity contribution < 1.29 is 14.3 Å². The van der Waals surface area contributed by atoms with Gasteiger partial charge in [0, 0.05) is 30.9 Å². The molecule has 27 heavy (non-hydrogen) atoms. The lowest BCUT2D eigenvalue weighted by atomic mass is 10.1. The molecule has 0 radical (unpaired) electrons. The second kappa shape index (κ2) is 9.19.